The lowest BCUT2D eigenvalue weighted by molar-refractivity contribution is -0.174. The molecule has 6 atom stereocenters. The molecule has 0 aromatic heterocycles. The van der Waals surface area contributed by atoms with Gasteiger partial charge in [-0.2, -0.15) is 0 Å². The Bertz CT molecular complexity index is 492. The van der Waals surface area contributed by atoms with Crippen LogP contribution in [0.3, 0.4) is 0 Å². The summed E-state index contributed by atoms with van der Waals surface area (Å²) >= 11 is 0. The van der Waals surface area contributed by atoms with Crippen LogP contribution in [0.15, 0.2) is 0 Å². The summed E-state index contributed by atoms with van der Waals surface area (Å²) in [6, 6.07) is 0. The van der Waals surface area contributed by atoms with Crippen LogP contribution in [0.4, 0.5) is 0 Å². The molecule has 0 spiro atoms. The second kappa shape index (κ2) is 5.24. The molecule has 0 radical (unpaired) electrons. The molecule has 7 nitrogen and oxygen atoms in total. The molecule has 0 saturated carbocycles. The number of hydrogen-bond donors (Lipinski definition) is 1. The van der Waals surface area contributed by atoms with Gasteiger partial charge in [0.15, 0.2) is 17.4 Å². The predicted molar refractivity (Wildman–Crippen MR) is 77.8 cm³/mol. The van der Waals surface area contributed by atoms with Gasteiger partial charge in [0.25, 0.3) is 0 Å². The van der Waals surface area contributed by atoms with Crippen molar-refractivity contribution in [2.45, 2.75) is 76.5 Å². The summed E-state index contributed by atoms with van der Waals surface area (Å²) < 4.78 is 41.8. The molecule has 0 amide bonds. The molecule has 8 heteroatoms. The molecule has 128 valence electrons. The van der Waals surface area contributed by atoms with Crippen molar-refractivity contribution in [1.29, 1.82) is 0 Å². The second-order valence-corrected chi connectivity index (χ2v) is 9.78. The van der Waals surface area contributed by atoms with Crippen molar-refractivity contribution in [3.8, 4) is 0 Å². The maximum absolute atomic E-state index is 12.9. The maximum atomic E-state index is 12.9. The number of hydrogen-bond acceptors (Lipinski definition) is 7. The van der Waals surface area contributed by atoms with Gasteiger partial charge in [-0.25, -0.2) is 0 Å². The highest BCUT2D eigenvalue weighted by atomic mass is 31.2. The quantitative estimate of drug-likeness (QED) is 0.768. The van der Waals surface area contributed by atoms with Crippen molar-refractivity contribution < 1.29 is 33.1 Å². The van der Waals surface area contributed by atoms with Crippen molar-refractivity contribution in [1.82, 2.24) is 0 Å². The van der Waals surface area contributed by atoms with E-state index in [1.54, 1.807) is 20.8 Å². The van der Waals surface area contributed by atoms with E-state index in [1.165, 1.54) is 0 Å². The molecule has 22 heavy (non-hydrogen) atoms. The minimum Gasteiger partial charge on any atom is -0.380 e. The zero-order valence-corrected chi connectivity index (χ0v) is 14.5. The van der Waals surface area contributed by atoms with E-state index in [-0.39, 0.29) is 6.16 Å². The van der Waals surface area contributed by atoms with Crippen molar-refractivity contribution in [2.75, 3.05) is 12.8 Å². The summed E-state index contributed by atoms with van der Waals surface area (Å²) in [5.41, 5.74) is 0. The van der Waals surface area contributed by atoms with Gasteiger partial charge in [-0.1, -0.05) is 6.92 Å². The Morgan fingerprint density at radius 1 is 1.05 bits per heavy atom. The fraction of sp³-hybridized carbons (Fsp3) is 1.00. The number of fused-ring (bicyclic) bond motifs is 1. The van der Waals surface area contributed by atoms with Crippen LogP contribution < -0.4 is 0 Å². The average molecular weight is 336 g/mol. The predicted octanol–water partition coefficient (Wildman–Crippen LogP) is 1.67. The highest BCUT2D eigenvalue weighted by Gasteiger charge is 2.61. The first-order valence-electron chi connectivity index (χ1n) is 7.69. The van der Waals surface area contributed by atoms with Gasteiger partial charge < -0.3 is 28.6 Å². The highest BCUT2D eigenvalue weighted by Crippen LogP contribution is 2.60. The lowest BCUT2D eigenvalue weighted by Crippen LogP contribution is -2.54. The molecule has 3 aliphatic rings. The third kappa shape index (κ3) is 2.77. The standard InChI is InChI=1S/C14H25O7P/c1-6-22(16)12(15)11-10(19-14(4,5)20-11)9(21-22)8-7-17-13(2,3)18-8/h8-12,15H,6-7H2,1-5H3/t8-,9+,10+,11+,12+,22?/m1/s1. The number of aliphatic hydroxyl groups excluding tert-OH is 1. The molecule has 3 saturated heterocycles. The minimum atomic E-state index is -3.25. The van der Waals surface area contributed by atoms with Crippen LogP contribution in [0.1, 0.15) is 34.6 Å². The summed E-state index contributed by atoms with van der Waals surface area (Å²) in [6.07, 6.45) is -2.00. The van der Waals surface area contributed by atoms with Crippen LogP contribution >= 0.6 is 7.37 Å². The maximum Gasteiger partial charge on any atom is 0.233 e. The van der Waals surface area contributed by atoms with E-state index in [0.717, 1.165) is 0 Å². The minimum absolute atomic E-state index is 0.231. The van der Waals surface area contributed by atoms with E-state index in [2.05, 4.69) is 0 Å². The zero-order valence-electron chi connectivity index (χ0n) is 13.6. The summed E-state index contributed by atoms with van der Waals surface area (Å²) in [4.78, 5) is 0. The van der Waals surface area contributed by atoms with Crippen molar-refractivity contribution in [3.05, 3.63) is 0 Å². The second-order valence-electron chi connectivity index (χ2n) is 6.96. The normalized spacial score (nSPS) is 50.0. The van der Waals surface area contributed by atoms with Gasteiger partial charge in [0, 0.05) is 6.16 Å². The van der Waals surface area contributed by atoms with Crippen LogP contribution in [0.25, 0.3) is 0 Å². The molecule has 3 rings (SSSR count). The first-order chi connectivity index (χ1) is 10.1. The Morgan fingerprint density at radius 2 is 1.68 bits per heavy atom. The molecular formula is C14H25O7P. The van der Waals surface area contributed by atoms with E-state index < -0.39 is 49.2 Å². The number of ether oxygens (including phenoxy) is 4. The van der Waals surface area contributed by atoms with Gasteiger partial charge in [0.2, 0.25) is 7.37 Å². The van der Waals surface area contributed by atoms with Gasteiger partial charge in [0.1, 0.15) is 24.4 Å². The Balaban J connectivity index is 1.90. The Labute approximate surface area is 130 Å². The zero-order chi connectivity index (χ0) is 16.3. The fourth-order valence-corrected chi connectivity index (χ4v) is 5.27. The Kier molecular flexibility index (Phi) is 4.01. The molecule has 3 heterocycles. The molecule has 0 aromatic carbocycles. The van der Waals surface area contributed by atoms with E-state index in [0.29, 0.717) is 6.61 Å². The largest absolute Gasteiger partial charge is 0.380 e. The number of rotatable bonds is 2. The SMILES string of the molecule is CCP1(=O)O[C@@H]([C@H]2COC(C)(C)O2)[C@@H]2OC(C)(C)O[C@@H]2[C@H]1O. The van der Waals surface area contributed by atoms with E-state index in [4.69, 9.17) is 23.5 Å². The van der Waals surface area contributed by atoms with Gasteiger partial charge in [-0.05, 0) is 27.7 Å². The lowest BCUT2D eigenvalue weighted by atomic mass is 10.0. The number of aliphatic hydroxyl groups is 1. The summed E-state index contributed by atoms with van der Waals surface area (Å²) in [7, 11) is -3.25. The van der Waals surface area contributed by atoms with Gasteiger partial charge in [-0.3, -0.25) is 4.57 Å². The highest BCUT2D eigenvalue weighted by molar-refractivity contribution is 7.59. The lowest BCUT2D eigenvalue weighted by Gasteiger charge is -2.41. The summed E-state index contributed by atoms with van der Waals surface area (Å²) in [6.45, 7) is 9.22. The molecule has 1 unspecified atom stereocenters. The molecule has 0 aromatic rings. The fourth-order valence-electron chi connectivity index (χ4n) is 3.27. The topological polar surface area (TPSA) is 83.5 Å². The molecule has 3 fully saturated rings. The first kappa shape index (κ1) is 16.8. The van der Waals surface area contributed by atoms with Gasteiger partial charge >= 0.3 is 0 Å². The van der Waals surface area contributed by atoms with Crippen LogP contribution in [-0.2, 0) is 28.0 Å². The van der Waals surface area contributed by atoms with E-state index in [9.17, 15) is 9.67 Å². The van der Waals surface area contributed by atoms with Crippen molar-refractivity contribution in [3.63, 3.8) is 0 Å². The van der Waals surface area contributed by atoms with Crippen LogP contribution in [0.5, 0.6) is 0 Å². The Morgan fingerprint density at radius 3 is 2.23 bits per heavy atom. The summed E-state index contributed by atoms with van der Waals surface area (Å²) in [5.74, 6) is -2.77. The van der Waals surface area contributed by atoms with E-state index >= 15 is 0 Å². The van der Waals surface area contributed by atoms with Gasteiger partial charge in [0.05, 0.1) is 6.61 Å². The molecule has 1 N–H and O–H groups in total. The van der Waals surface area contributed by atoms with Crippen LogP contribution in [0.2, 0.25) is 0 Å². The third-order valence-electron chi connectivity index (χ3n) is 4.32. The smallest absolute Gasteiger partial charge is 0.233 e. The van der Waals surface area contributed by atoms with Gasteiger partial charge in [-0.15, -0.1) is 0 Å². The monoisotopic (exact) mass is 336 g/mol. The Hall–Kier alpha value is -0.0100. The molecule has 0 aliphatic carbocycles. The molecule has 3 aliphatic heterocycles. The van der Waals surface area contributed by atoms with Crippen molar-refractivity contribution in [2.24, 2.45) is 0 Å². The van der Waals surface area contributed by atoms with Crippen LogP contribution in [-0.4, -0.2) is 59.7 Å². The van der Waals surface area contributed by atoms with E-state index in [1.807, 2.05) is 13.8 Å². The third-order valence-corrected chi connectivity index (χ3v) is 6.90. The van der Waals surface area contributed by atoms with Crippen molar-refractivity contribution >= 4 is 7.37 Å². The average Bonchev–Trinajstić information content (AvgIpc) is 2.93. The molecule has 0 bridgehead atoms. The van der Waals surface area contributed by atoms with Crippen LogP contribution in [0, 0.1) is 0 Å². The molecular weight excluding hydrogens is 311 g/mol. The first-order valence-corrected chi connectivity index (χ1v) is 9.57. The summed E-state index contributed by atoms with van der Waals surface area (Å²) in [5, 5.41) is 10.4.